The topological polar surface area (TPSA) is 151 Å². The number of rotatable bonds is 7. The van der Waals surface area contributed by atoms with Gasteiger partial charge in [0.2, 0.25) is 17.6 Å². The van der Waals surface area contributed by atoms with Crippen LogP contribution in [0.1, 0.15) is 75.3 Å². The maximum Gasteiger partial charge on any atom is 0.319 e. The van der Waals surface area contributed by atoms with Crippen LogP contribution in [0, 0.1) is 11.3 Å². The third kappa shape index (κ3) is 5.55. The number of ether oxygens (including phenoxy) is 1. The van der Waals surface area contributed by atoms with Crippen molar-refractivity contribution in [1.29, 1.82) is 5.26 Å². The Morgan fingerprint density at radius 2 is 2.04 bits per heavy atom. The molecule has 0 unspecified atom stereocenters. The second-order valence-corrected chi connectivity index (χ2v) is 14.0. The van der Waals surface area contributed by atoms with Crippen LogP contribution < -0.4 is 15.4 Å². The lowest BCUT2D eigenvalue weighted by Gasteiger charge is -2.44. The SMILES string of the molecule is C=CC(=O)N1[C@@H](C)CN(c2cc(-c3noc([C@@]4(C)CCCc5sc(N)c(C#N)c54)n3)nc(O[C@@H](C)[C@@H]3CCCN3C)n2)C[C@@H]1C. The van der Waals surface area contributed by atoms with Gasteiger partial charge in [0.25, 0.3) is 0 Å². The molecule has 0 saturated carbocycles. The van der Waals surface area contributed by atoms with Crippen molar-refractivity contribution in [2.24, 2.45) is 0 Å². The van der Waals surface area contributed by atoms with Gasteiger partial charge in [-0.3, -0.25) is 9.69 Å². The lowest BCUT2D eigenvalue weighted by Crippen LogP contribution is -2.58. The summed E-state index contributed by atoms with van der Waals surface area (Å²) < 4.78 is 12.3. The first-order valence-corrected chi connectivity index (χ1v) is 16.5. The number of hydrogen-bond donors (Lipinski definition) is 1. The summed E-state index contributed by atoms with van der Waals surface area (Å²) in [4.78, 5) is 34.5. The summed E-state index contributed by atoms with van der Waals surface area (Å²) in [6, 6.07) is 4.55. The molecule has 3 aromatic rings. The van der Waals surface area contributed by atoms with E-state index in [1.54, 1.807) is 0 Å². The second kappa shape index (κ2) is 12.1. The van der Waals surface area contributed by atoms with E-state index in [1.165, 1.54) is 17.4 Å². The molecule has 13 heteroatoms. The molecule has 238 valence electrons. The Kier molecular flexibility index (Phi) is 8.30. The molecule has 45 heavy (non-hydrogen) atoms. The number of likely N-dealkylation sites (N-methyl/N-ethyl adjacent to an activating group) is 1. The number of fused-ring (bicyclic) bond motifs is 1. The summed E-state index contributed by atoms with van der Waals surface area (Å²) in [6.45, 7) is 14.0. The van der Waals surface area contributed by atoms with E-state index in [2.05, 4.69) is 41.6 Å². The Morgan fingerprint density at radius 1 is 1.29 bits per heavy atom. The summed E-state index contributed by atoms with van der Waals surface area (Å²) in [7, 11) is 2.12. The first-order chi connectivity index (χ1) is 21.5. The Balaban J connectivity index is 1.37. The van der Waals surface area contributed by atoms with E-state index >= 15 is 0 Å². The fourth-order valence-corrected chi connectivity index (χ4v) is 8.62. The molecule has 1 amide bonds. The third-order valence-corrected chi connectivity index (χ3v) is 10.7. The van der Waals surface area contributed by atoms with Crippen LogP contribution in [0.3, 0.4) is 0 Å². The molecule has 3 aromatic heterocycles. The minimum Gasteiger partial charge on any atom is -0.459 e. The van der Waals surface area contributed by atoms with Crippen molar-refractivity contribution in [2.45, 2.75) is 89.4 Å². The summed E-state index contributed by atoms with van der Waals surface area (Å²) in [5, 5.41) is 14.8. The molecule has 2 N–H and O–H groups in total. The number of carbonyl (C=O) groups is 1. The molecule has 2 saturated heterocycles. The Morgan fingerprint density at radius 3 is 2.71 bits per heavy atom. The number of nitrogens with two attached hydrogens (primary N) is 1. The van der Waals surface area contributed by atoms with Gasteiger partial charge in [0, 0.05) is 47.7 Å². The number of aryl methyl sites for hydroxylation is 1. The maximum absolute atomic E-state index is 12.6. The van der Waals surface area contributed by atoms with E-state index in [4.69, 9.17) is 29.9 Å². The maximum atomic E-state index is 12.6. The number of nitrogens with zero attached hydrogens (tertiary/aromatic N) is 8. The molecular formula is C32H41N9O3S. The largest absolute Gasteiger partial charge is 0.459 e. The number of nitrogen functional groups attached to an aromatic ring is 1. The third-order valence-electron chi connectivity index (χ3n) is 9.65. The number of hydrogen-bond acceptors (Lipinski definition) is 12. The van der Waals surface area contributed by atoms with Crippen molar-refractivity contribution in [3.8, 4) is 23.6 Å². The van der Waals surface area contributed by atoms with Gasteiger partial charge in [-0.1, -0.05) is 11.7 Å². The summed E-state index contributed by atoms with van der Waals surface area (Å²) in [5.74, 6) is 1.33. The minimum absolute atomic E-state index is 0.0577. The van der Waals surface area contributed by atoms with Crippen LogP contribution in [0.5, 0.6) is 6.01 Å². The van der Waals surface area contributed by atoms with Crippen molar-refractivity contribution in [3.05, 3.63) is 40.6 Å². The van der Waals surface area contributed by atoms with E-state index in [-0.39, 0.29) is 36.1 Å². The van der Waals surface area contributed by atoms with Crippen LogP contribution in [0.15, 0.2) is 23.2 Å². The molecule has 2 fully saturated rings. The molecule has 2 aliphatic heterocycles. The number of amides is 1. The smallest absolute Gasteiger partial charge is 0.319 e. The number of nitriles is 1. The first kappa shape index (κ1) is 31.0. The quantitative estimate of drug-likeness (QED) is 0.375. The zero-order chi connectivity index (χ0) is 32.0. The van der Waals surface area contributed by atoms with Gasteiger partial charge in [-0.05, 0) is 79.5 Å². The number of anilines is 2. The molecule has 0 bridgehead atoms. The number of piperazine rings is 1. The lowest BCUT2D eigenvalue weighted by molar-refractivity contribution is -0.130. The molecule has 0 aromatic carbocycles. The average molecular weight is 632 g/mol. The van der Waals surface area contributed by atoms with Crippen LogP contribution in [0.4, 0.5) is 10.8 Å². The van der Waals surface area contributed by atoms with Crippen molar-refractivity contribution in [1.82, 2.24) is 29.9 Å². The van der Waals surface area contributed by atoms with E-state index in [9.17, 15) is 10.1 Å². The first-order valence-electron chi connectivity index (χ1n) is 15.7. The van der Waals surface area contributed by atoms with Gasteiger partial charge >= 0.3 is 6.01 Å². The monoisotopic (exact) mass is 631 g/mol. The van der Waals surface area contributed by atoms with Gasteiger partial charge in [-0.2, -0.15) is 20.2 Å². The van der Waals surface area contributed by atoms with Gasteiger partial charge in [-0.25, -0.2) is 0 Å². The van der Waals surface area contributed by atoms with Gasteiger partial charge in [0.1, 0.15) is 28.7 Å². The molecule has 5 heterocycles. The van der Waals surface area contributed by atoms with Crippen LogP contribution in [0.25, 0.3) is 11.5 Å². The lowest BCUT2D eigenvalue weighted by atomic mass is 9.72. The molecular weight excluding hydrogens is 590 g/mol. The van der Waals surface area contributed by atoms with Crippen LogP contribution in [0.2, 0.25) is 0 Å². The van der Waals surface area contributed by atoms with Crippen molar-refractivity contribution in [2.75, 3.05) is 37.3 Å². The molecule has 6 rings (SSSR count). The van der Waals surface area contributed by atoms with E-state index < -0.39 is 5.41 Å². The summed E-state index contributed by atoms with van der Waals surface area (Å²) in [5.41, 5.74) is 7.47. The molecule has 0 radical (unpaired) electrons. The van der Waals surface area contributed by atoms with Gasteiger partial charge in [-0.15, -0.1) is 11.3 Å². The zero-order valence-corrected chi connectivity index (χ0v) is 27.4. The number of likely N-dealkylation sites (tertiary alicyclic amines) is 1. The normalized spacial score (nSPS) is 25.9. The summed E-state index contributed by atoms with van der Waals surface area (Å²) >= 11 is 1.47. The molecule has 5 atom stereocenters. The predicted octanol–water partition coefficient (Wildman–Crippen LogP) is 4.16. The highest BCUT2D eigenvalue weighted by molar-refractivity contribution is 7.16. The fourth-order valence-electron chi connectivity index (χ4n) is 7.43. The van der Waals surface area contributed by atoms with Gasteiger partial charge < -0.3 is 24.8 Å². The summed E-state index contributed by atoms with van der Waals surface area (Å²) in [6.07, 6.45) is 5.96. The Bertz CT molecular complexity index is 1630. The average Bonchev–Trinajstić information content (AvgIpc) is 3.75. The standard InChI is InChI=1S/C32H41N9O3S/c1-7-26(42)41-18(2)16-40(17-19(41)3)25-14-22(35-31(36-25)43-20(4)23-10-9-13-39(23)6)29-37-30(44-38-29)32(5)12-8-11-24-27(32)21(15-33)28(34)45-24/h7,14,18-20,23H,1,8-13,16-17,34H2,2-6H3/t18-,19-,20-,23-,32-/m0/s1. The molecule has 0 spiro atoms. The molecule has 12 nitrogen and oxygen atoms in total. The minimum atomic E-state index is -0.645. The highest BCUT2D eigenvalue weighted by atomic mass is 32.1. The van der Waals surface area contributed by atoms with E-state index in [0.717, 1.165) is 49.1 Å². The predicted molar refractivity (Wildman–Crippen MR) is 172 cm³/mol. The van der Waals surface area contributed by atoms with Gasteiger partial charge in [0.15, 0.2) is 0 Å². The molecule has 1 aliphatic carbocycles. The van der Waals surface area contributed by atoms with Crippen LogP contribution in [-0.2, 0) is 16.6 Å². The Labute approximate surface area is 267 Å². The van der Waals surface area contributed by atoms with Crippen LogP contribution in [-0.4, -0.2) is 86.7 Å². The fraction of sp³-hybridized carbons (Fsp3) is 0.562. The number of thiophene rings is 1. The highest BCUT2D eigenvalue weighted by Gasteiger charge is 2.43. The van der Waals surface area contributed by atoms with E-state index in [0.29, 0.717) is 46.9 Å². The number of aromatic nitrogens is 4. The second-order valence-electron chi connectivity index (χ2n) is 12.8. The zero-order valence-electron chi connectivity index (χ0n) is 26.6. The highest BCUT2D eigenvalue weighted by Crippen LogP contribution is 2.48. The number of carbonyl (C=O) groups excluding carboxylic acids is 1. The Hall–Kier alpha value is -4.02. The van der Waals surface area contributed by atoms with Crippen molar-refractivity contribution >= 4 is 28.1 Å². The van der Waals surface area contributed by atoms with Gasteiger partial charge in [0.05, 0.1) is 11.0 Å². The van der Waals surface area contributed by atoms with Crippen molar-refractivity contribution in [3.63, 3.8) is 0 Å². The van der Waals surface area contributed by atoms with E-state index in [1.807, 2.05) is 31.7 Å². The molecule has 3 aliphatic rings. The van der Waals surface area contributed by atoms with Crippen molar-refractivity contribution < 1.29 is 14.1 Å². The van der Waals surface area contributed by atoms with Crippen LogP contribution >= 0.6 is 11.3 Å².